The predicted molar refractivity (Wildman–Crippen MR) is 106 cm³/mol. The summed E-state index contributed by atoms with van der Waals surface area (Å²) < 4.78 is 48.8. The quantitative estimate of drug-likeness (QED) is 0.454. The van der Waals surface area contributed by atoms with Crippen molar-refractivity contribution >= 4 is 35.0 Å². The number of hydrogen-bond donors (Lipinski definition) is 3. The molecular formula is C20H15F3N2O5S. The monoisotopic (exact) mass is 452 g/mol. The Labute approximate surface area is 178 Å². The Bertz CT molecular complexity index is 1090. The molecule has 0 radical (unpaired) electrons. The van der Waals surface area contributed by atoms with E-state index in [1.807, 2.05) is 0 Å². The van der Waals surface area contributed by atoms with Crippen molar-refractivity contribution in [2.45, 2.75) is 19.4 Å². The van der Waals surface area contributed by atoms with Gasteiger partial charge in [0.2, 0.25) is 5.82 Å². The molecule has 0 spiro atoms. The largest absolute Gasteiger partial charge is 0.480 e. The molecule has 4 N–H and O–H groups in total. The number of imide groups is 1. The number of ether oxygens (including phenoxy) is 1. The molecule has 0 bridgehead atoms. The summed E-state index contributed by atoms with van der Waals surface area (Å²) in [6, 6.07) is 4.16. The van der Waals surface area contributed by atoms with Crippen molar-refractivity contribution in [1.29, 1.82) is 0 Å². The molecule has 1 fully saturated rings. The lowest BCUT2D eigenvalue weighted by atomic mass is 10.0. The zero-order valence-corrected chi connectivity index (χ0v) is 16.7. The van der Waals surface area contributed by atoms with E-state index >= 15 is 0 Å². The van der Waals surface area contributed by atoms with Crippen molar-refractivity contribution in [2.75, 3.05) is 0 Å². The van der Waals surface area contributed by atoms with E-state index in [2.05, 4.69) is 5.32 Å². The maximum absolute atomic E-state index is 14.6. The molecule has 31 heavy (non-hydrogen) atoms. The van der Waals surface area contributed by atoms with Gasteiger partial charge in [-0.15, -0.1) is 0 Å². The molecule has 2 aromatic carbocycles. The Morgan fingerprint density at radius 1 is 1.19 bits per heavy atom. The number of amides is 2. The van der Waals surface area contributed by atoms with Gasteiger partial charge in [-0.1, -0.05) is 12.1 Å². The van der Waals surface area contributed by atoms with Crippen molar-refractivity contribution < 1.29 is 37.4 Å². The van der Waals surface area contributed by atoms with Gasteiger partial charge < -0.3 is 15.6 Å². The standard InChI is InChI=1S/C20H15F3N2O5S/c1-8-14(21)11(7-12(24)19(27)28)15(22)16(23)17(8)30-10-4-2-9(3-5-10)6-13-18(26)25-20(29)31-13/h2-6,12H,7,24H2,1H3,(H,27,28)(H,25,26,29). The van der Waals surface area contributed by atoms with Crippen molar-refractivity contribution in [3.8, 4) is 11.5 Å². The molecule has 162 valence electrons. The summed E-state index contributed by atoms with van der Waals surface area (Å²) >= 11 is 0.741. The van der Waals surface area contributed by atoms with Crippen molar-refractivity contribution in [2.24, 2.45) is 5.73 Å². The van der Waals surface area contributed by atoms with Gasteiger partial charge in [-0.2, -0.15) is 4.39 Å². The Kier molecular flexibility index (Phi) is 6.37. The molecule has 1 atom stereocenters. The summed E-state index contributed by atoms with van der Waals surface area (Å²) in [6.07, 6.45) is 0.725. The zero-order chi connectivity index (χ0) is 22.9. The maximum Gasteiger partial charge on any atom is 0.320 e. The molecule has 1 saturated heterocycles. The van der Waals surface area contributed by atoms with E-state index in [1.54, 1.807) is 0 Å². The lowest BCUT2D eigenvalue weighted by Gasteiger charge is -2.16. The SMILES string of the molecule is Cc1c(F)c(CC(N)C(=O)O)c(F)c(F)c1Oc1ccc(C=C2SC(=O)NC2=O)cc1. The van der Waals surface area contributed by atoms with Crippen LogP contribution in [0, 0.1) is 24.4 Å². The highest BCUT2D eigenvalue weighted by Gasteiger charge is 2.27. The van der Waals surface area contributed by atoms with Crippen molar-refractivity contribution in [3.05, 3.63) is 63.3 Å². The van der Waals surface area contributed by atoms with E-state index in [1.165, 1.54) is 30.3 Å². The van der Waals surface area contributed by atoms with Crippen LogP contribution in [0.4, 0.5) is 18.0 Å². The molecule has 1 aliphatic heterocycles. The third kappa shape index (κ3) is 4.72. The van der Waals surface area contributed by atoms with Gasteiger partial charge in [-0.3, -0.25) is 19.7 Å². The maximum atomic E-state index is 14.6. The van der Waals surface area contributed by atoms with Crippen LogP contribution in [0.5, 0.6) is 11.5 Å². The number of benzene rings is 2. The van der Waals surface area contributed by atoms with E-state index in [0.717, 1.165) is 18.7 Å². The third-order valence-electron chi connectivity index (χ3n) is 4.37. The Balaban J connectivity index is 1.86. The Hall–Kier alpha value is -3.31. The topological polar surface area (TPSA) is 119 Å². The predicted octanol–water partition coefficient (Wildman–Crippen LogP) is 3.48. The number of thioether (sulfide) groups is 1. The van der Waals surface area contributed by atoms with Crippen LogP contribution in [-0.2, 0) is 16.0 Å². The van der Waals surface area contributed by atoms with E-state index in [-0.39, 0.29) is 16.2 Å². The van der Waals surface area contributed by atoms with Crippen LogP contribution in [0.15, 0.2) is 29.2 Å². The number of carboxylic acids is 1. The number of halogens is 3. The molecule has 0 aliphatic carbocycles. The minimum Gasteiger partial charge on any atom is -0.480 e. The lowest BCUT2D eigenvalue weighted by molar-refractivity contribution is -0.138. The van der Waals surface area contributed by atoms with E-state index in [9.17, 15) is 27.6 Å². The summed E-state index contributed by atoms with van der Waals surface area (Å²) in [5.74, 6) is -6.85. The number of nitrogens with two attached hydrogens (primary N) is 1. The highest BCUT2D eigenvalue weighted by molar-refractivity contribution is 8.18. The average Bonchev–Trinajstić information content (AvgIpc) is 3.04. The molecule has 1 heterocycles. The molecule has 2 aromatic rings. The van der Waals surface area contributed by atoms with Crippen LogP contribution < -0.4 is 15.8 Å². The van der Waals surface area contributed by atoms with Gasteiger partial charge in [0, 0.05) is 17.5 Å². The van der Waals surface area contributed by atoms with Gasteiger partial charge in [-0.05, 0) is 42.5 Å². The minimum absolute atomic E-state index is 0.0533. The summed E-state index contributed by atoms with van der Waals surface area (Å²) in [4.78, 5) is 33.8. The summed E-state index contributed by atoms with van der Waals surface area (Å²) in [5, 5.41) is 10.4. The fourth-order valence-electron chi connectivity index (χ4n) is 2.75. The van der Waals surface area contributed by atoms with Gasteiger partial charge in [-0.25, -0.2) is 8.78 Å². The third-order valence-corrected chi connectivity index (χ3v) is 5.18. The first-order chi connectivity index (χ1) is 14.6. The molecule has 1 aliphatic rings. The Morgan fingerprint density at radius 2 is 1.84 bits per heavy atom. The highest BCUT2D eigenvalue weighted by atomic mass is 32.2. The van der Waals surface area contributed by atoms with E-state index in [0.29, 0.717) is 5.56 Å². The zero-order valence-electron chi connectivity index (χ0n) is 15.9. The fourth-order valence-corrected chi connectivity index (χ4v) is 3.43. The first-order valence-electron chi connectivity index (χ1n) is 8.75. The van der Waals surface area contributed by atoms with Crippen LogP contribution in [0.1, 0.15) is 16.7 Å². The van der Waals surface area contributed by atoms with Gasteiger partial charge in [0.15, 0.2) is 11.6 Å². The molecule has 7 nitrogen and oxygen atoms in total. The van der Waals surface area contributed by atoms with Crippen LogP contribution in [0.3, 0.4) is 0 Å². The van der Waals surface area contributed by atoms with Crippen LogP contribution in [0.25, 0.3) is 6.08 Å². The second-order valence-corrected chi connectivity index (χ2v) is 7.56. The second-order valence-electron chi connectivity index (χ2n) is 6.55. The van der Waals surface area contributed by atoms with Gasteiger partial charge in [0.05, 0.1) is 4.91 Å². The number of rotatable bonds is 6. The molecule has 11 heteroatoms. The number of carbonyl (C=O) groups excluding carboxylic acids is 2. The van der Waals surface area contributed by atoms with Crippen LogP contribution in [0.2, 0.25) is 0 Å². The molecule has 3 rings (SSSR count). The Morgan fingerprint density at radius 3 is 2.39 bits per heavy atom. The highest BCUT2D eigenvalue weighted by Crippen LogP contribution is 2.35. The second kappa shape index (κ2) is 8.82. The smallest absolute Gasteiger partial charge is 0.320 e. The summed E-state index contributed by atoms with van der Waals surface area (Å²) in [6.45, 7) is 1.16. The molecular weight excluding hydrogens is 437 g/mol. The number of hydrogen-bond acceptors (Lipinski definition) is 6. The molecule has 0 saturated carbocycles. The average molecular weight is 452 g/mol. The van der Waals surface area contributed by atoms with Gasteiger partial charge >= 0.3 is 5.97 Å². The first kappa shape index (κ1) is 22.4. The minimum atomic E-state index is -1.60. The van der Waals surface area contributed by atoms with Gasteiger partial charge in [0.25, 0.3) is 11.1 Å². The van der Waals surface area contributed by atoms with E-state index < -0.39 is 58.3 Å². The summed E-state index contributed by atoms with van der Waals surface area (Å²) in [7, 11) is 0. The lowest BCUT2D eigenvalue weighted by Crippen LogP contribution is -2.33. The number of carboxylic acid groups (broad SMARTS) is 1. The number of nitrogens with one attached hydrogen (secondary N) is 1. The van der Waals surface area contributed by atoms with Crippen molar-refractivity contribution in [3.63, 3.8) is 0 Å². The van der Waals surface area contributed by atoms with E-state index in [4.69, 9.17) is 15.6 Å². The summed E-state index contributed by atoms with van der Waals surface area (Å²) in [5.41, 5.74) is 4.71. The normalized spacial score (nSPS) is 15.8. The number of aliphatic carboxylic acids is 1. The first-order valence-corrected chi connectivity index (χ1v) is 9.57. The van der Waals surface area contributed by atoms with Crippen LogP contribution >= 0.6 is 11.8 Å². The number of carbonyl (C=O) groups is 3. The fraction of sp³-hybridized carbons (Fsp3) is 0.150. The molecule has 0 aromatic heterocycles. The van der Waals surface area contributed by atoms with Crippen molar-refractivity contribution in [1.82, 2.24) is 5.32 Å². The molecule has 2 amide bonds. The molecule has 1 unspecified atom stereocenters. The van der Waals surface area contributed by atoms with Gasteiger partial charge in [0.1, 0.15) is 17.6 Å². The van der Waals surface area contributed by atoms with Crippen LogP contribution in [-0.4, -0.2) is 28.3 Å².